The van der Waals surface area contributed by atoms with E-state index in [-0.39, 0.29) is 10.6 Å². The highest BCUT2D eigenvalue weighted by molar-refractivity contribution is 7.89. The molecule has 0 aliphatic carbocycles. The number of halogens is 1. The van der Waals surface area contributed by atoms with Gasteiger partial charge in [0, 0.05) is 18.6 Å². The molecule has 2 aromatic carbocycles. The summed E-state index contributed by atoms with van der Waals surface area (Å²) in [6.45, 7) is -0.458. The third-order valence-electron chi connectivity index (χ3n) is 3.80. The Morgan fingerprint density at radius 1 is 1.12 bits per heavy atom. The maximum Gasteiger partial charge on any atom is 0.245 e. The van der Waals surface area contributed by atoms with Crippen LogP contribution in [0.25, 0.3) is 10.9 Å². The lowest BCUT2D eigenvalue weighted by Crippen LogP contribution is -2.35. The van der Waals surface area contributed by atoms with Crippen molar-refractivity contribution in [2.45, 2.75) is 4.90 Å². The van der Waals surface area contributed by atoms with Gasteiger partial charge in [0.2, 0.25) is 15.9 Å². The summed E-state index contributed by atoms with van der Waals surface area (Å²) in [4.78, 5) is 16.3. The fourth-order valence-corrected chi connectivity index (χ4v) is 3.78. The summed E-state index contributed by atoms with van der Waals surface area (Å²) in [5.74, 6) is -1.24. The Labute approximate surface area is 150 Å². The highest BCUT2D eigenvalue weighted by atomic mass is 32.2. The second kappa shape index (κ2) is 7.19. The fraction of sp³-hybridized carbons (Fsp3) is 0.111. The molecule has 0 saturated heterocycles. The number of carbonyl (C=O) groups excluding carboxylic acids is 1. The maximum atomic E-state index is 13.6. The van der Waals surface area contributed by atoms with Crippen LogP contribution in [0.5, 0.6) is 0 Å². The van der Waals surface area contributed by atoms with Crippen molar-refractivity contribution in [1.29, 1.82) is 0 Å². The summed E-state index contributed by atoms with van der Waals surface area (Å²) >= 11 is 0. The first kappa shape index (κ1) is 18.0. The Morgan fingerprint density at radius 2 is 1.85 bits per heavy atom. The number of para-hydroxylation sites is 2. The number of amides is 1. The van der Waals surface area contributed by atoms with Gasteiger partial charge < -0.3 is 5.32 Å². The number of nitrogens with one attached hydrogen (secondary N) is 1. The molecule has 3 aromatic rings. The number of sulfonamides is 1. The summed E-state index contributed by atoms with van der Waals surface area (Å²) in [7, 11) is -2.66. The first-order valence-electron chi connectivity index (χ1n) is 7.74. The van der Waals surface area contributed by atoms with E-state index in [9.17, 15) is 17.6 Å². The van der Waals surface area contributed by atoms with Crippen molar-refractivity contribution in [3.05, 3.63) is 66.6 Å². The average molecular weight is 373 g/mol. The SMILES string of the molecule is CN(CC(=O)Nc1ccccc1F)S(=O)(=O)c1cccc2cccnc12. The van der Waals surface area contributed by atoms with Crippen LogP contribution >= 0.6 is 0 Å². The van der Waals surface area contributed by atoms with Crippen LogP contribution in [-0.4, -0.2) is 37.2 Å². The second-order valence-corrected chi connectivity index (χ2v) is 7.63. The van der Waals surface area contributed by atoms with Gasteiger partial charge in [0.25, 0.3) is 0 Å². The number of hydrogen-bond acceptors (Lipinski definition) is 4. The Hall–Kier alpha value is -2.84. The molecule has 6 nitrogen and oxygen atoms in total. The van der Waals surface area contributed by atoms with Crippen molar-refractivity contribution >= 4 is 32.5 Å². The van der Waals surface area contributed by atoms with E-state index in [1.54, 1.807) is 30.3 Å². The number of likely N-dealkylation sites (N-methyl/N-ethyl adjacent to an activating group) is 1. The normalized spacial score (nSPS) is 11.7. The van der Waals surface area contributed by atoms with Crippen molar-refractivity contribution in [1.82, 2.24) is 9.29 Å². The van der Waals surface area contributed by atoms with Crippen LogP contribution in [0.4, 0.5) is 10.1 Å². The molecule has 0 aliphatic heterocycles. The van der Waals surface area contributed by atoms with E-state index in [0.29, 0.717) is 10.9 Å². The first-order valence-corrected chi connectivity index (χ1v) is 9.18. The molecule has 0 bridgehead atoms. The van der Waals surface area contributed by atoms with Gasteiger partial charge in [-0.2, -0.15) is 4.31 Å². The maximum absolute atomic E-state index is 13.6. The topological polar surface area (TPSA) is 79.4 Å². The largest absolute Gasteiger partial charge is 0.322 e. The molecule has 0 saturated carbocycles. The van der Waals surface area contributed by atoms with Crippen LogP contribution in [0.1, 0.15) is 0 Å². The van der Waals surface area contributed by atoms with Gasteiger partial charge in [-0.1, -0.05) is 30.3 Å². The van der Waals surface area contributed by atoms with E-state index >= 15 is 0 Å². The molecule has 134 valence electrons. The van der Waals surface area contributed by atoms with E-state index in [2.05, 4.69) is 10.3 Å². The Balaban J connectivity index is 1.83. The van der Waals surface area contributed by atoms with Crippen molar-refractivity contribution in [2.75, 3.05) is 18.9 Å². The highest BCUT2D eigenvalue weighted by Gasteiger charge is 2.25. The van der Waals surface area contributed by atoms with Crippen LogP contribution in [0.15, 0.2) is 65.7 Å². The molecule has 0 fully saturated rings. The van der Waals surface area contributed by atoms with Crippen molar-refractivity contribution in [3.8, 4) is 0 Å². The van der Waals surface area contributed by atoms with Crippen LogP contribution in [0, 0.1) is 5.82 Å². The minimum Gasteiger partial charge on any atom is -0.322 e. The molecular formula is C18H16FN3O3S. The number of pyridine rings is 1. The lowest BCUT2D eigenvalue weighted by Gasteiger charge is -2.18. The van der Waals surface area contributed by atoms with Gasteiger partial charge in [-0.05, 0) is 24.3 Å². The number of nitrogens with zero attached hydrogens (tertiary/aromatic N) is 2. The van der Waals surface area contributed by atoms with E-state index in [4.69, 9.17) is 0 Å². The molecule has 1 aromatic heterocycles. The van der Waals surface area contributed by atoms with Crippen LogP contribution < -0.4 is 5.32 Å². The lowest BCUT2D eigenvalue weighted by molar-refractivity contribution is -0.116. The van der Waals surface area contributed by atoms with Crippen molar-refractivity contribution < 1.29 is 17.6 Å². The number of hydrogen-bond donors (Lipinski definition) is 1. The molecule has 8 heteroatoms. The third kappa shape index (κ3) is 3.56. The zero-order chi connectivity index (χ0) is 18.7. The first-order chi connectivity index (χ1) is 12.4. The molecule has 0 radical (unpaired) electrons. The van der Waals surface area contributed by atoms with Crippen LogP contribution in [-0.2, 0) is 14.8 Å². The molecule has 1 N–H and O–H groups in total. The highest BCUT2D eigenvalue weighted by Crippen LogP contribution is 2.23. The molecule has 0 aliphatic rings. The van der Waals surface area contributed by atoms with Gasteiger partial charge in [-0.15, -0.1) is 0 Å². The van der Waals surface area contributed by atoms with Gasteiger partial charge in [-0.25, -0.2) is 12.8 Å². The van der Waals surface area contributed by atoms with E-state index in [1.165, 1.54) is 37.5 Å². The number of benzene rings is 2. The van der Waals surface area contributed by atoms with Gasteiger partial charge in [0.15, 0.2) is 0 Å². The number of fused-ring (bicyclic) bond motifs is 1. The van der Waals surface area contributed by atoms with Gasteiger partial charge in [0.05, 0.1) is 17.7 Å². The fourth-order valence-electron chi connectivity index (χ4n) is 2.49. The summed E-state index contributed by atoms with van der Waals surface area (Å²) in [5.41, 5.74) is 0.325. The molecule has 0 atom stereocenters. The van der Waals surface area contributed by atoms with E-state index < -0.39 is 28.3 Å². The van der Waals surface area contributed by atoms with Crippen LogP contribution in [0.2, 0.25) is 0 Å². The Kier molecular flexibility index (Phi) is 4.97. The Morgan fingerprint density at radius 3 is 2.62 bits per heavy atom. The van der Waals surface area contributed by atoms with E-state index in [1.807, 2.05) is 0 Å². The summed E-state index contributed by atoms with van der Waals surface area (Å²) in [6.07, 6.45) is 1.51. The monoisotopic (exact) mass is 373 g/mol. The number of carbonyl (C=O) groups is 1. The minimum atomic E-state index is -3.95. The number of anilines is 1. The standard InChI is InChI=1S/C18H16FN3O3S/c1-22(12-17(23)21-15-9-3-2-8-14(15)19)26(24,25)16-10-4-6-13-7-5-11-20-18(13)16/h2-11H,12H2,1H3,(H,21,23). The Bertz CT molecular complexity index is 1060. The minimum absolute atomic E-state index is 0.00451. The molecular weight excluding hydrogens is 357 g/mol. The van der Waals surface area contributed by atoms with Gasteiger partial charge in [0.1, 0.15) is 10.7 Å². The van der Waals surface area contributed by atoms with Crippen LogP contribution in [0.3, 0.4) is 0 Å². The zero-order valence-corrected chi connectivity index (χ0v) is 14.7. The van der Waals surface area contributed by atoms with Crippen molar-refractivity contribution in [2.24, 2.45) is 0 Å². The molecule has 1 amide bonds. The smallest absolute Gasteiger partial charge is 0.245 e. The number of aromatic nitrogens is 1. The predicted molar refractivity (Wildman–Crippen MR) is 96.6 cm³/mol. The number of rotatable bonds is 5. The molecule has 0 unspecified atom stereocenters. The third-order valence-corrected chi connectivity index (χ3v) is 5.63. The molecule has 1 heterocycles. The summed E-state index contributed by atoms with van der Waals surface area (Å²) < 4.78 is 40.2. The van der Waals surface area contributed by atoms with Crippen molar-refractivity contribution in [3.63, 3.8) is 0 Å². The molecule has 3 rings (SSSR count). The quantitative estimate of drug-likeness (QED) is 0.746. The molecule has 26 heavy (non-hydrogen) atoms. The van der Waals surface area contributed by atoms with E-state index in [0.717, 1.165) is 4.31 Å². The van der Waals surface area contributed by atoms with Gasteiger partial charge in [-0.3, -0.25) is 9.78 Å². The molecule has 0 spiro atoms. The lowest BCUT2D eigenvalue weighted by atomic mass is 10.2. The summed E-state index contributed by atoms with van der Waals surface area (Å²) in [5, 5.41) is 3.04. The predicted octanol–water partition coefficient (Wildman–Crippen LogP) is 2.63. The zero-order valence-electron chi connectivity index (χ0n) is 13.9. The average Bonchev–Trinajstić information content (AvgIpc) is 2.63. The summed E-state index contributed by atoms with van der Waals surface area (Å²) in [6, 6.07) is 14.0. The second-order valence-electron chi connectivity index (χ2n) is 5.62. The van der Waals surface area contributed by atoms with Gasteiger partial charge >= 0.3 is 0 Å².